The molecule has 1 aliphatic rings. The molecule has 0 spiro atoms. The number of nitrogens with one attached hydrogen (secondary N) is 2. The summed E-state index contributed by atoms with van der Waals surface area (Å²) in [6.45, 7) is 4.09. The molecule has 1 amide bonds. The van der Waals surface area contributed by atoms with Crippen LogP contribution in [0.15, 0.2) is 40.1 Å². The Bertz CT molecular complexity index is 935. The lowest BCUT2D eigenvalue weighted by atomic mass is 9.86. The molecule has 1 aliphatic carbocycles. The van der Waals surface area contributed by atoms with Crippen molar-refractivity contribution < 1.29 is 9.21 Å². The number of para-hydroxylation sites is 1. The predicted octanol–water partition coefficient (Wildman–Crippen LogP) is 4.39. The summed E-state index contributed by atoms with van der Waals surface area (Å²) in [4.78, 5) is 15.8. The average Bonchev–Trinajstić information content (AvgIpc) is 3.30. The molecule has 1 aromatic carbocycles. The monoisotopic (exact) mass is 384 g/mol. The lowest BCUT2D eigenvalue weighted by Crippen LogP contribution is -2.44. The van der Waals surface area contributed by atoms with Gasteiger partial charge in [0.2, 0.25) is 5.91 Å². The Morgan fingerprint density at radius 3 is 2.96 bits per heavy atom. The van der Waals surface area contributed by atoms with E-state index < -0.39 is 0 Å². The number of benzene rings is 1. The van der Waals surface area contributed by atoms with E-state index in [2.05, 4.69) is 27.4 Å². The molecule has 0 bridgehead atoms. The van der Waals surface area contributed by atoms with E-state index in [1.807, 2.05) is 37.4 Å². The first-order valence-electron chi connectivity index (χ1n) is 9.49. The van der Waals surface area contributed by atoms with E-state index in [1.54, 1.807) is 0 Å². The van der Waals surface area contributed by atoms with Gasteiger partial charge in [-0.1, -0.05) is 49.7 Å². The SMILES string of the molecule is C[C@@H](Sc1nnc(-c2c[nH]c3ccccc23)o1)C(=O)N[C@@H]1CCCC[C@@H]1C. The molecule has 27 heavy (non-hydrogen) atoms. The van der Waals surface area contributed by atoms with Crippen molar-refractivity contribution in [3.05, 3.63) is 30.5 Å². The van der Waals surface area contributed by atoms with Gasteiger partial charge in [-0.2, -0.15) is 0 Å². The fourth-order valence-electron chi connectivity index (χ4n) is 3.65. The maximum atomic E-state index is 12.5. The minimum absolute atomic E-state index is 0.0330. The summed E-state index contributed by atoms with van der Waals surface area (Å²) in [6.07, 6.45) is 6.57. The number of thioether (sulfide) groups is 1. The molecule has 0 saturated heterocycles. The Morgan fingerprint density at radius 1 is 1.30 bits per heavy atom. The number of H-pyrrole nitrogens is 1. The summed E-state index contributed by atoms with van der Waals surface area (Å²) >= 11 is 1.30. The molecule has 2 N–H and O–H groups in total. The zero-order chi connectivity index (χ0) is 18.8. The molecular weight excluding hydrogens is 360 g/mol. The van der Waals surface area contributed by atoms with E-state index >= 15 is 0 Å². The third-order valence-electron chi connectivity index (χ3n) is 5.31. The van der Waals surface area contributed by atoms with Crippen molar-refractivity contribution in [2.24, 2.45) is 5.92 Å². The number of aromatic amines is 1. The maximum Gasteiger partial charge on any atom is 0.277 e. The van der Waals surface area contributed by atoms with Crippen molar-refractivity contribution >= 4 is 28.6 Å². The molecule has 1 fully saturated rings. The van der Waals surface area contributed by atoms with Crippen LogP contribution in [0.1, 0.15) is 39.5 Å². The molecule has 3 aromatic rings. The third kappa shape index (κ3) is 3.88. The molecule has 0 unspecified atom stereocenters. The van der Waals surface area contributed by atoms with Crippen LogP contribution in [0.5, 0.6) is 0 Å². The highest BCUT2D eigenvalue weighted by atomic mass is 32.2. The first-order valence-corrected chi connectivity index (χ1v) is 10.4. The van der Waals surface area contributed by atoms with Crippen LogP contribution in [0.4, 0.5) is 0 Å². The number of rotatable bonds is 5. The second-order valence-corrected chi connectivity index (χ2v) is 8.55. The van der Waals surface area contributed by atoms with Crippen molar-refractivity contribution in [3.63, 3.8) is 0 Å². The van der Waals surface area contributed by atoms with Gasteiger partial charge in [-0.15, -0.1) is 10.2 Å². The number of aromatic nitrogens is 3. The van der Waals surface area contributed by atoms with E-state index in [4.69, 9.17) is 4.42 Å². The van der Waals surface area contributed by atoms with Crippen molar-refractivity contribution in [1.82, 2.24) is 20.5 Å². The minimum Gasteiger partial charge on any atom is -0.411 e. The lowest BCUT2D eigenvalue weighted by Gasteiger charge is -2.30. The Balaban J connectivity index is 1.42. The zero-order valence-electron chi connectivity index (χ0n) is 15.6. The topological polar surface area (TPSA) is 83.8 Å². The van der Waals surface area contributed by atoms with Crippen molar-refractivity contribution in [2.75, 3.05) is 0 Å². The summed E-state index contributed by atoms with van der Waals surface area (Å²) in [5.41, 5.74) is 1.90. The standard InChI is InChI=1S/C20H24N4O2S/c1-12-7-3-5-9-16(12)22-18(25)13(2)27-20-24-23-19(26-20)15-11-21-17-10-6-4-8-14(15)17/h4,6,8,10-13,16,21H,3,5,7,9H2,1-2H3,(H,22,25)/t12-,13+,16+/m0/s1. The molecule has 0 aliphatic heterocycles. The van der Waals surface area contributed by atoms with E-state index in [1.165, 1.54) is 31.0 Å². The van der Waals surface area contributed by atoms with Crippen LogP contribution in [0, 0.1) is 5.92 Å². The van der Waals surface area contributed by atoms with E-state index in [9.17, 15) is 4.79 Å². The number of carbonyl (C=O) groups excluding carboxylic acids is 1. The molecule has 142 valence electrons. The van der Waals surface area contributed by atoms with Crippen LogP contribution in [-0.2, 0) is 4.79 Å². The van der Waals surface area contributed by atoms with Gasteiger partial charge in [0.25, 0.3) is 11.1 Å². The van der Waals surface area contributed by atoms with Gasteiger partial charge in [0.05, 0.1) is 10.8 Å². The number of hydrogen-bond acceptors (Lipinski definition) is 5. The molecule has 3 atom stereocenters. The van der Waals surface area contributed by atoms with Gasteiger partial charge in [-0.25, -0.2) is 0 Å². The van der Waals surface area contributed by atoms with Crippen LogP contribution in [0.3, 0.4) is 0 Å². The average molecular weight is 385 g/mol. The minimum atomic E-state index is -0.282. The quantitative estimate of drug-likeness (QED) is 0.637. The first kappa shape index (κ1) is 18.1. The summed E-state index contributed by atoms with van der Waals surface area (Å²) < 4.78 is 5.81. The van der Waals surface area contributed by atoms with Gasteiger partial charge in [0, 0.05) is 23.1 Å². The Morgan fingerprint density at radius 2 is 2.11 bits per heavy atom. The predicted molar refractivity (Wildman–Crippen MR) is 106 cm³/mol. The fraction of sp³-hybridized carbons (Fsp3) is 0.450. The Kier molecular flexibility index (Phi) is 5.20. The number of carbonyl (C=O) groups is 1. The maximum absolute atomic E-state index is 12.5. The number of hydrogen-bond donors (Lipinski definition) is 2. The third-order valence-corrected chi connectivity index (χ3v) is 6.25. The van der Waals surface area contributed by atoms with Gasteiger partial charge in [-0.05, 0) is 31.7 Å². The summed E-state index contributed by atoms with van der Waals surface area (Å²) in [5, 5.41) is 12.6. The van der Waals surface area contributed by atoms with E-state index in [0.717, 1.165) is 22.9 Å². The van der Waals surface area contributed by atoms with Gasteiger partial charge in [-0.3, -0.25) is 4.79 Å². The van der Waals surface area contributed by atoms with Crippen LogP contribution in [-0.4, -0.2) is 32.4 Å². The highest BCUT2D eigenvalue weighted by Gasteiger charge is 2.26. The highest BCUT2D eigenvalue weighted by molar-refractivity contribution is 8.00. The Hall–Kier alpha value is -2.28. The van der Waals surface area contributed by atoms with Crippen LogP contribution < -0.4 is 5.32 Å². The normalized spacial score (nSPS) is 21.3. The number of fused-ring (bicyclic) bond motifs is 1. The first-order chi connectivity index (χ1) is 13.1. The lowest BCUT2D eigenvalue weighted by molar-refractivity contribution is -0.121. The van der Waals surface area contributed by atoms with Gasteiger partial charge < -0.3 is 14.7 Å². The van der Waals surface area contributed by atoms with Gasteiger partial charge in [0.15, 0.2) is 0 Å². The molecule has 2 aromatic heterocycles. The molecule has 2 heterocycles. The number of amides is 1. The molecule has 4 rings (SSSR count). The Labute approximate surface area is 162 Å². The van der Waals surface area contributed by atoms with Crippen molar-refractivity contribution in [1.29, 1.82) is 0 Å². The second-order valence-electron chi connectivity index (χ2n) is 7.26. The number of nitrogens with zero attached hydrogens (tertiary/aromatic N) is 2. The molecule has 1 saturated carbocycles. The van der Waals surface area contributed by atoms with Gasteiger partial charge >= 0.3 is 0 Å². The second kappa shape index (κ2) is 7.76. The van der Waals surface area contributed by atoms with Crippen LogP contribution in [0.25, 0.3) is 22.4 Å². The smallest absolute Gasteiger partial charge is 0.277 e. The zero-order valence-corrected chi connectivity index (χ0v) is 16.4. The van der Waals surface area contributed by atoms with E-state index in [-0.39, 0.29) is 17.2 Å². The summed E-state index contributed by atoms with van der Waals surface area (Å²) in [5.74, 6) is 1.03. The molecule has 0 radical (unpaired) electrons. The molecule has 7 heteroatoms. The summed E-state index contributed by atoms with van der Waals surface area (Å²) in [6, 6.07) is 8.25. The molecular formula is C20H24N4O2S. The van der Waals surface area contributed by atoms with Crippen molar-refractivity contribution in [3.8, 4) is 11.5 Å². The fourth-order valence-corrected chi connectivity index (χ4v) is 4.34. The largest absolute Gasteiger partial charge is 0.411 e. The van der Waals surface area contributed by atoms with Crippen LogP contribution in [0.2, 0.25) is 0 Å². The van der Waals surface area contributed by atoms with Crippen LogP contribution >= 0.6 is 11.8 Å². The highest BCUT2D eigenvalue weighted by Crippen LogP contribution is 2.31. The van der Waals surface area contributed by atoms with Gasteiger partial charge in [0.1, 0.15) is 0 Å². The molecule has 6 nitrogen and oxygen atoms in total. The van der Waals surface area contributed by atoms with Crippen molar-refractivity contribution in [2.45, 2.75) is 56.0 Å². The van der Waals surface area contributed by atoms with E-state index in [0.29, 0.717) is 17.0 Å². The summed E-state index contributed by atoms with van der Waals surface area (Å²) in [7, 11) is 0.